The number of carbonyl (C=O) groups excluding carboxylic acids is 2. The van der Waals surface area contributed by atoms with Crippen LogP contribution in [0.3, 0.4) is 0 Å². The zero-order chi connectivity index (χ0) is 20.4. The first kappa shape index (κ1) is 18.9. The van der Waals surface area contributed by atoms with Crippen LogP contribution in [0.5, 0.6) is 0 Å². The van der Waals surface area contributed by atoms with Crippen LogP contribution in [0.15, 0.2) is 61.3 Å². The average molecular weight is 408 g/mol. The summed E-state index contributed by atoms with van der Waals surface area (Å²) in [5, 5.41) is 7.44. The summed E-state index contributed by atoms with van der Waals surface area (Å²) in [5.74, 6) is -0.366. The molecule has 2 aromatic carbocycles. The molecule has 1 aromatic heterocycles. The summed E-state index contributed by atoms with van der Waals surface area (Å²) in [6, 6.07) is 12.6. The van der Waals surface area contributed by atoms with Gasteiger partial charge in [0.15, 0.2) is 0 Å². The van der Waals surface area contributed by atoms with Crippen LogP contribution in [0.25, 0.3) is 11.8 Å². The van der Waals surface area contributed by atoms with Gasteiger partial charge in [-0.15, -0.1) is 0 Å². The number of fused-ring (bicyclic) bond motifs is 1. The van der Waals surface area contributed by atoms with Gasteiger partial charge in [-0.05, 0) is 29.3 Å². The number of aromatic nitrogens is 3. The fourth-order valence-corrected chi connectivity index (χ4v) is 3.72. The zero-order valence-electron chi connectivity index (χ0n) is 15.6. The number of benzene rings is 2. The Bertz CT molecular complexity index is 1090. The molecule has 0 fully saturated rings. The van der Waals surface area contributed by atoms with Crippen molar-refractivity contribution in [2.45, 2.75) is 19.4 Å². The van der Waals surface area contributed by atoms with Crippen LogP contribution in [0.1, 0.15) is 30.5 Å². The first-order chi connectivity index (χ1) is 14.0. The van der Waals surface area contributed by atoms with Crippen molar-refractivity contribution >= 4 is 35.2 Å². The summed E-state index contributed by atoms with van der Waals surface area (Å²) >= 11 is 6.33. The Labute approximate surface area is 172 Å². The molecule has 0 radical (unpaired) electrons. The van der Waals surface area contributed by atoms with Crippen LogP contribution < -0.4 is 5.32 Å². The number of hydrogen-bond donors (Lipinski definition) is 1. The number of para-hydroxylation sites is 1. The van der Waals surface area contributed by atoms with Gasteiger partial charge in [-0.2, -0.15) is 5.10 Å². The van der Waals surface area contributed by atoms with Crippen LogP contribution >= 0.6 is 11.6 Å². The molecule has 0 unspecified atom stereocenters. The molecule has 8 heteroatoms. The molecule has 1 aliphatic heterocycles. The standard InChI is InChI=1S/C21H18ClN5O2/c1-14(28)26-10-9-15-5-2-3-6-16(15)19(26)11-20(29)25-18-8-4-7-17(22)21(18)27-13-23-12-24-27/h2-10,12-13,19H,11H2,1H3,(H,25,29)/t19-/m0/s1. The fraction of sp³-hybridized carbons (Fsp3) is 0.143. The van der Waals surface area contributed by atoms with Crippen molar-refractivity contribution in [3.63, 3.8) is 0 Å². The van der Waals surface area contributed by atoms with Gasteiger partial charge in [0.2, 0.25) is 11.8 Å². The molecular formula is C21H18ClN5O2. The summed E-state index contributed by atoms with van der Waals surface area (Å²) in [5.41, 5.74) is 2.98. The largest absolute Gasteiger partial charge is 0.324 e. The smallest absolute Gasteiger partial charge is 0.226 e. The lowest BCUT2D eigenvalue weighted by atomic mass is 9.93. The Morgan fingerprint density at radius 2 is 2.00 bits per heavy atom. The van der Waals surface area contributed by atoms with E-state index in [2.05, 4.69) is 15.4 Å². The third kappa shape index (κ3) is 3.77. The molecule has 29 heavy (non-hydrogen) atoms. The van der Waals surface area contributed by atoms with Crippen molar-refractivity contribution in [3.05, 3.63) is 77.5 Å². The molecule has 0 aliphatic carbocycles. The van der Waals surface area contributed by atoms with Gasteiger partial charge >= 0.3 is 0 Å². The van der Waals surface area contributed by atoms with E-state index in [1.807, 2.05) is 30.3 Å². The van der Waals surface area contributed by atoms with Crippen molar-refractivity contribution in [1.29, 1.82) is 0 Å². The van der Waals surface area contributed by atoms with E-state index >= 15 is 0 Å². The van der Waals surface area contributed by atoms with E-state index < -0.39 is 0 Å². The van der Waals surface area contributed by atoms with E-state index in [1.165, 1.54) is 24.3 Å². The third-order valence-corrected chi connectivity index (χ3v) is 5.06. The summed E-state index contributed by atoms with van der Waals surface area (Å²) in [6.45, 7) is 1.49. The minimum atomic E-state index is -0.386. The van der Waals surface area contributed by atoms with Crippen molar-refractivity contribution < 1.29 is 9.59 Å². The maximum atomic E-state index is 12.9. The lowest BCUT2D eigenvalue weighted by Crippen LogP contribution is -2.33. The van der Waals surface area contributed by atoms with E-state index in [1.54, 1.807) is 29.3 Å². The highest BCUT2D eigenvalue weighted by atomic mass is 35.5. The van der Waals surface area contributed by atoms with Gasteiger partial charge in [-0.1, -0.05) is 41.9 Å². The Morgan fingerprint density at radius 1 is 1.17 bits per heavy atom. The molecule has 0 spiro atoms. The maximum absolute atomic E-state index is 12.9. The van der Waals surface area contributed by atoms with Gasteiger partial charge in [0.25, 0.3) is 0 Å². The summed E-state index contributed by atoms with van der Waals surface area (Å²) in [7, 11) is 0. The van der Waals surface area contributed by atoms with Crippen molar-refractivity contribution in [1.82, 2.24) is 19.7 Å². The van der Waals surface area contributed by atoms with Crippen molar-refractivity contribution in [3.8, 4) is 5.69 Å². The average Bonchev–Trinajstić information content (AvgIpc) is 3.22. The minimum Gasteiger partial charge on any atom is -0.324 e. The molecule has 1 aliphatic rings. The van der Waals surface area contributed by atoms with Crippen LogP contribution in [0.2, 0.25) is 5.02 Å². The number of nitrogens with zero attached hydrogens (tertiary/aromatic N) is 4. The number of amides is 2. The normalized spacial score (nSPS) is 15.1. The monoisotopic (exact) mass is 407 g/mol. The molecule has 1 N–H and O–H groups in total. The topological polar surface area (TPSA) is 80.1 Å². The maximum Gasteiger partial charge on any atom is 0.226 e. The first-order valence-electron chi connectivity index (χ1n) is 9.04. The number of rotatable bonds is 4. The number of carbonyl (C=O) groups is 2. The number of nitrogens with one attached hydrogen (secondary N) is 1. The third-order valence-electron chi connectivity index (χ3n) is 4.76. The Kier molecular flexibility index (Phi) is 5.14. The number of halogens is 1. The molecule has 7 nitrogen and oxygen atoms in total. The molecule has 1 atom stereocenters. The predicted molar refractivity (Wildman–Crippen MR) is 110 cm³/mol. The lowest BCUT2D eigenvalue weighted by molar-refractivity contribution is -0.129. The molecule has 2 heterocycles. The van der Waals surface area contributed by atoms with Gasteiger partial charge in [0.05, 0.1) is 23.2 Å². The van der Waals surface area contributed by atoms with Gasteiger partial charge in [-0.3, -0.25) is 9.59 Å². The van der Waals surface area contributed by atoms with E-state index in [0.717, 1.165) is 11.1 Å². The quantitative estimate of drug-likeness (QED) is 0.712. The summed E-state index contributed by atoms with van der Waals surface area (Å²) in [4.78, 5) is 30.6. The SMILES string of the molecule is CC(=O)N1C=Cc2ccccc2[C@@H]1CC(=O)Nc1cccc(Cl)c1-n1cncn1. The number of anilines is 1. The van der Waals surface area contributed by atoms with Crippen LogP contribution in [0.4, 0.5) is 5.69 Å². The second kappa shape index (κ2) is 7.89. The molecule has 3 aromatic rings. The Balaban J connectivity index is 1.61. The molecule has 0 saturated carbocycles. The van der Waals surface area contributed by atoms with Crippen molar-refractivity contribution in [2.24, 2.45) is 0 Å². The van der Waals surface area contributed by atoms with E-state index in [9.17, 15) is 9.59 Å². The minimum absolute atomic E-state index is 0.101. The molecule has 4 rings (SSSR count). The fourth-order valence-electron chi connectivity index (χ4n) is 3.46. The summed E-state index contributed by atoms with van der Waals surface area (Å²) < 4.78 is 1.50. The molecule has 0 bridgehead atoms. The second-order valence-electron chi connectivity index (χ2n) is 6.62. The van der Waals surface area contributed by atoms with Crippen LogP contribution in [-0.2, 0) is 9.59 Å². The van der Waals surface area contributed by atoms with E-state index in [-0.39, 0.29) is 24.3 Å². The van der Waals surface area contributed by atoms with Crippen LogP contribution in [0, 0.1) is 0 Å². The Hall–Kier alpha value is -3.45. The van der Waals surface area contributed by atoms with Crippen LogP contribution in [-0.4, -0.2) is 31.5 Å². The highest BCUT2D eigenvalue weighted by Gasteiger charge is 2.28. The van der Waals surface area contributed by atoms with E-state index in [4.69, 9.17) is 11.6 Å². The highest BCUT2D eigenvalue weighted by Crippen LogP contribution is 2.34. The van der Waals surface area contributed by atoms with Gasteiger partial charge in [0.1, 0.15) is 18.3 Å². The summed E-state index contributed by atoms with van der Waals surface area (Å²) in [6.07, 6.45) is 6.61. The zero-order valence-corrected chi connectivity index (χ0v) is 16.4. The van der Waals surface area contributed by atoms with E-state index in [0.29, 0.717) is 16.4 Å². The van der Waals surface area contributed by atoms with Gasteiger partial charge in [0, 0.05) is 13.1 Å². The first-order valence-corrected chi connectivity index (χ1v) is 9.42. The second-order valence-corrected chi connectivity index (χ2v) is 7.02. The van der Waals surface area contributed by atoms with Gasteiger partial charge in [-0.25, -0.2) is 9.67 Å². The van der Waals surface area contributed by atoms with Gasteiger partial charge < -0.3 is 10.2 Å². The Morgan fingerprint density at radius 3 is 2.76 bits per heavy atom. The molecule has 2 amide bonds. The molecule has 146 valence electrons. The van der Waals surface area contributed by atoms with Crippen molar-refractivity contribution in [2.75, 3.05) is 5.32 Å². The molecule has 0 saturated heterocycles. The number of hydrogen-bond acceptors (Lipinski definition) is 4. The highest BCUT2D eigenvalue weighted by molar-refractivity contribution is 6.33. The molecular weight excluding hydrogens is 390 g/mol. The predicted octanol–water partition coefficient (Wildman–Crippen LogP) is 3.82. The lowest BCUT2D eigenvalue weighted by Gasteiger charge is -2.32.